The highest BCUT2D eigenvalue weighted by Crippen LogP contribution is 2.17. The number of aliphatic carboxylic acids is 1. The van der Waals surface area contributed by atoms with Crippen LogP contribution in [0.2, 0.25) is 0 Å². The Labute approximate surface area is 469 Å². The maximum Gasteiger partial charge on any atom is 0.361 e. The van der Waals surface area contributed by atoms with Gasteiger partial charge in [-0.3, -0.25) is 9.59 Å². The molecular formula is C67H122NO8+. The molecule has 0 radical (unpaired) electrons. The number of nitrogens with zero attached hydrogens (tertiary/aromatic N) is 1. The highest BCUT2D eigenvalue weighted by molar-refractivity contribution is 5.71. The molecule has 9 heteroatoms. The fraction of sp³-hybridized carbons (Fsp3) is 0.806. The van der Waals surface area contributed by atoms with Crippen molar-refractivity contribution in [2.75, 3.05) is 47.5 Å². The number of carboxylic acids is 1. The first kappa shape index (κ1) is 73.0. The van der Waals surface area contributed by atoms with Gasteiger partial charge in [0.15, 0.2) is 6.10 Å². The van der Waals surface area contributed by atoms with Gasteiger partial charge in [-0.25, -0.2) is 4.79 Å². The molecule has 0 aliphatic heterocycles. The maximum absolute atomic E-state index is 12.9. The zero-order valence-electron chi connectivity index (χ0n) is 50.4. The molecule has 1 N–H and O–H groups in total. The van der Waals surface area contributed by atoms with Gasteiger partial charge in [0.1, 0.15) is 13.2 Å². The van der Waals surface area contributed by atoms with Crippen LogP contribution in [0.25, 0.3) is 0 Å². The van der Waals surface area contributed by atoms with Gasteiger partial charge in [-0.15, -0.1) is 0 Å². The zero-order chi connectivity index (χ0) is 55.5. The summed E-state index contributed by atoms with van der Waals surface area (Å²) in [6.45, 7) is 4.79. The summed E-state index contributed by atoms with van der Waals surface area (Å²) in [6, 6.07) is 0. The van der Waals surface area contributed by atoms with E-state index in [2.05, 4.69) is 74.6 Å². The number of allylic oxidation sites excluding steroid dienone is 10. The molecule has 0 heterocycles. The molecule has 0 aromatic rings. The number of carbonyl (C=O) groups is 3. The molecule has 0 bridgehead atoms. The Hall–Kier alpha value is -3.01. The molecular weight excluding hydrogens is 947 g/mol. The minimum absolute atomic E-state index is 0.182. The standard InChI is InChI=1S/C67H121NO8/c1-6-8-10-12-14-16-18-20-22-24-26-27-28-29-30-31-32-33-34-35-36-37-38-39-40-42-44-46-48-50-52-54-56-58-65(70)76-63(62-75-67(66(71)72)73-60-59-68(3,4)5)61-74-64(69)57-55-53-51-49-47-45-43-41-25-23-21-19-17-15-13-11-9-7-2/h8,10,14,16,20,22-23,25-27,63,67H,6-7,9,11-13,15,17-19,21,24,28-62H2,1-5H3/p+1/b10-8-,16-14-,22-20-,25-23-,27-26-. The van der Waals surface area contributed by atoms with Crippen LogP contribution in [0.4, 0.5) is 0 Å². The van der Waals surface area contributed by atoms with Gasteiger partial charge in [0, 0.05) is 12.8 Å². The van der Waals surface area contributed by atoms with E-state index in [1.54, 1.807) is 0 Å². The summed E-state index contributed by atoms with van der Waals surface area (Å²) in [5.74, 6) is -1.99. The van der Waals surface area contributed by atoms with Crippen LogP contribution in [0.1, 0.15) is 290 Å². The van der Waals surface area contributed by atoms with E-state index in [4.69, 9.17) is 18.9 Å². The van der Waals surface area contributed by atoms with E-state index in [9.17, 15) is 19.5 Å². The first-order chi connectivity index (χ1) is 37.1. The molecule has 0 rings (SSSR count). The Morgan fingerprint density at radius 1 is 0.408 bits per heavy atom. The first-order valence-corrected chi connectivity index (χ1v) is 32.0. The molecule has 0 amide bonds. The van der Waals surface area contributed by atoms with Crippen molar-refractivity contribution in [1.82, 2.24) is 0 Å². The molecule has 442 valence electrons. The molecule has 2 unspecified atom stereocenters. The Morgan fingerprint density at radius 2 is 0.750 bits per heavy atom. The highest BCUT2D eigenvalue weighted by atomic mass is 16.7. The minimum atomic E-state index is -1.51. The number of quaternary nitrogens is 1. The van der Waals surface area contributed by atoms with Gasteiger partial charge < -0.3 is 28.5 Å². The van der Waals surface area contributed by atoms with Crippen molar-refractivity contribution in [3.63, 3.8) is 0 Å². The van der Waals surface area contributed by atoms with Crippen molar-refractivity contribution in [3.05, 3.63) is 60.8 Å². The van der Waals surface area contributed by atoms with Crippen LogP contribution in [0.15, 0.2) is 60.8 Å². The third kappa shape index (κ3) is 58.7. The Bertz CT molecular complexity index is 1430. The number of hydrogen-bond acceptors (Lipinski definition) is 7. The van der Waals surface area contributed by atoms with Gasteiger partial charge in [0.05, 0.1) is 34.4 Å². The molecule has 9 nitrogen and oxygen atoms in total. The van der Waals surface area contributed by atoms with E-state index in [0.717, 1.165) is 64.2 Å². The lowest BCUT2D eigenvalue weighted by Gasteiger charge is -2.25. The predicted octanol–water partition coefficient (Wildman–Crippen LogP) is 19.2. The summed E-state index contributed by atoms with van der Waals surface area (Å²) >= 11 is 0. The van der Waals surface area contributed by atoms with Gasteiger partial charge in [0.25, 0.3) is 6.29 Å². The highest BCUT2D eigenvalue weighted by Gasteiger charge is 2.25. The summed E-state index contributed by atoms with van der Waals surface area (Å²) in [7, 11) is 5.98. The average molecular weight is 1070 g/mol. The SMILES string of the molecule is CC/C=C\C/C=C\C/C=C\C/C=C\CCCCCCCCCCCCCCCCCCCCCCC(=O)OC(COC(=O)CCCCCCCCC/C=C\CCCCCCCCC)COC(OCC[N+](C)(C)C)C(=O)O. The van der Waals surface area contributed by atoms with Crippen LogP contribution in [-0.4, -0.2) is 87.4 Å². The van der Waals surface area contributed by atoms with Crippen molar-refractivity contribution in [2.45, 2.75) is 302 Å². The van der Waals surface area contributed by atoms with Crippen LogP contribution >= 0.6 is 0 Å². The number of rotatable bonds is 59. The summed E-state index contributed by atoms with van der Waals surface area (Å²) in [5.41, 5.74) is 0. The molecule has 0 aromatic heterocycles. The van der Waals surface area contributed by atoms with Crippen molar-refractivity contribution < 1.29 is 42.9 Å². The van der Waals surface area contributed by atoms with E-state index in [-0.39, 0.29) is 32.2 Å². The molecule has 76 heavy (non-hydrogen) atoms. The number of likely N-dealkylation sites (N-methyl/N-ethyl adjacent to an activating group) is 1. The second kappa shape index (κ2) is 58.1. The molecule has 0 aromatic carbocycles. The monoisotopic (exact) mass is 1070 g/mol. The minimum Gasteiger partial charge on any atom is -0.477 e. The largest absolute Gasteiger partial charge is 0.477 e. The first-order valence-electron chi connectivity index (χ1n) is 32.0. The predicted molar refractivity (Wildman–Crippen MR) is 323 cm³/mol. The second-order valence-electron chi connectivity index (χ2n) is 22.7. The molecule has 0 aliphatic rings. The lowest BCUT2D eigenvalue weighted by molar-refractivity contribution is -0.870. The number of hydrogen-bond donors (Lipinski definition) is 1. The summed E-state index contributed by atoms with van der Waals surface area (Å²) in [6.07, 6.45) is 71.8. The Balaban J connectivity index is 4.09. The van der Waals surface area contributed by atoms with Gasteiger partial charge >= 0.3 is 17.9 Å². The van der Waals surface area contributed by atoms with Crippen molar-refractivity contribution in [2.24, 2.45) is 0 Å². The maximum atomic E-state index is 12.9. The van der Waals surface area contributed by atoms with Crippen molar-refractivity contribution >= 4 is 17.9 Å². The average Bonchev–Trinajstić information content (AvgIpc) is 3.39. The van der Waals surface area contributed by atoms with Gasteiger partial charge in [-0.2, -0.15) is 0 Å². The molecule has 0 fully saturated rings. The zero-order valence-corrected chi connectivity index (χ0v) is 50.4. The van der Waals surface area contributed by atoms with Crippen LogP contribution in [0.3, 0.4) is 0 Å². The third-order valence-corrected chi connectivity index (χ3v) is 14.0. The van der Waals surface area contributed by atoms with Crippen molar-refractivity contribution in [1.29, 1.82) is 0 Å². The van der Waals surface area contributed by atoms with Crippen LogP contribution < -0.4 is 0 Å². The number of carboxylic acid groups (broad SMARTS) is 1. The molecule has 0 aliphatic carbocycles. The van der Waals surface area contributed by atoms with E-state index >= 15 is 0 Å². The summed E-state index contributed by atoms with van der Waals surface area (Å²) in [4.78, 5) is 37.5. The van der Waals surface area contributed by atoms with Gasteiger partial charge in [-0.1, -0.05) is 261 Å². The molecule has 2 atom stereocenters. The third-order valence-electron chi connectivity index (χ3n) is 14.0. The number of ether oxygens (including phenoxy) is 4. The fourth-order valence-corrected chi connectivity index (χ4v) is 9.12. The van der Waals surface area contributed by atoms with E-state index in [1.165, 1.54) is 199 Å². The summed E-state index contributed by atoms with van der Waals surface area (Å²) in [5, 5.41) is 9.72. The number of unbranched alkanes of at least 4 members (excludes halogenated alkanes) is 34. The van der Waals surface area contributed by atoms with Crippen LogP contribution in [0.5, 0.6) is 0 Å². The normalized spacial score (nSPS) is 13.1. The molecule has 0 saturated carbocycles. The van der Waals surface area contributed by atoms with Crippen LogP contribution in [0, 0.1) is 0 Å². The topological polar surface area (TPSA) is 108 Å². The lowest BCUT2D eigenvalue weighted by atomic mass is 10.0. The van der Waals surface area contributed by atoms with Gasteiger partial charge in [-0.05, 0) is 77.0 Å². The number of carbonyl (C=O) groups excluding carboxylic acids is 2. The molecule has 0 spiro atoms. The Morgan fingerprint density at radius 3 is 1.13 bits per heavy atom. The second-order valence-corrected chi connectivity index (χ2v) is 22.7. The molecule has 0 saturated heterocycles. The quantitative estimate of drug-likeness (QED) is 0.0211. The van der Waals surface area contributed by atoms with Gasteiger partial charge in [0.2, 0.25) is 0 Å². The van der Waals surface area contributed by atoms with Crippen molar-refractivity contribution in [3.8, 4) is 0 Å². The summed E-state index contributed by atoms with van der Waals surface area (Å²) < 4.78 is 22.9. The lowest BCUT2D eigenvalue weighted by Crippen LogP contribution is -2.40. The van der Waals surface area contributed by atoms with E-state index in [0.29, 0.717) is 17.4 Å². The fourth-order valence-electron chi connectivity index (χ4n) is 9.12. The smallest absolute Gasteiger partial charge is 0.361 e. The van der Waals surface area contributed by atoms with Crippen LogP contribution in [-0.2, 0) is 33.3 Å². The number of esters is 2. The van der Waals surface area contributed by atoms with E-state index in [1.807, 2.05) is 21.1 Å². The van der Waals surface area contributed by atoms with E-state index < -0.39 is 24.3 Å². The Kier molecular flexibility index (Phi) is 55.8.